The van der Waals surface area contributed by atoms with Crippen molar-refractivity contribution in [2.75, 3.05) is 0 Å². The van der Waals surface area contributed by atoms with Crippen LogP contribution in [0.25, 0.3) is 11.0 Å². The third kappa shape index (κ3) is 4.45. The maximum atomic E-state index is 12.4. The summed E-state index contributed by atoms with van der Waals surface area (Å²) in [6.07, 6.45) is 0.178. The number of amides is 1. The molecule has 3 rings (SSSR count). The fraction of sp³-hybridized carbons (Fsp3) is 0.300. The maximum absolute atomic E-state index is 12.4. The van der Waals surface area contributed by atoms with Gasteiger partial charge in [0.15, 0.2) is 0 Å². The number of fused-ring (bicyclic) bond motifs is 1. The van der Waals surface area contributed by atoms with Gasteiger partial charge >= 0.3 is 0 Å². The van der Waals surface area contributed by atoms with Gasteiger partial charge in [0, 0.05) is 6.54 Å². The molecule has 25 heavy (non-hydrogen) atoms. The molecule has 0 unspecified atom stereocenters. The van der Waals surface area contributed by atoms with E-state index < -0.39 is 5.60 Å². The van der Waals surface area contributed by atoms with Crippen molar-refractivity contribution >= 4 is 16.9 Å². The zero-order chi connectivity index (χ0) is 17.9. The van der Waals surface area contributed by atoms with E-state index in [1.54, 1.807) is 13.8 Å². The van der Waals surface area contributed by atoms with Crippen LogP contribution in [0.4, 0.5) is 0 Å². The van der Waals surface area contributed by atoms with Crippen LogP contribution in [0.3, 0.4) is 0 Å². The monoisotopic (exact) mass is 337 g/mol. The second kappa shape index (κ2) is 7.07. The molecule has 1 amide bonds. The highest BCUT2D eigenvalue weighted by atomic mass is 16.3. The molecule has 0 aliphatic heterocycles. The van der Waals surface area contributed by atoms with E-state index in [0.717, 1.165) is 16.6 Å². The van der Waals surface area contributed by atoms with Crippen LogP contribution in [-0.2, 0) is 24.3 Å². The molecule has 0 radical (unpaired) electrons. The van der Waals surface area contributed by atoms with E-state index in [1.165, 1.54) is 0 Å². The fourth-order valence-corrected chi connectivity index (χ4v) is 2.83. The summed E-state index contributed by atoms with van der Waals surface area (Å²) in [6.45, 7) is 4.38. The summed E-state index contributed by atoms with van der Waals surface area (Å²) < 4.78 is 1.93. The normalized spacial score (nSPS) is 11.6. The topological polar surface area (TPSA) is 67.2 Å². The largest absolute Gasteiger partial charge is 0.389 e. The lowest BCUT2D eigenvalue weighted by Gasteiger charge is -2.20. The van der Waals surface area contributed by atoms with Crippen LogP contribution in [0.5, 0.6) is 0 Å². The molecule has 5 nitrogen and oxygen atoms in total. The first-order valence-electron chi connectivity index (χ1n) is 8.39. The number of hydrogen-bond donors (Lipinski definition) is 2. The Morgan fingerprint density at radius 1 is 1.12 bits per heavy atom. The van der Waals surface area contributed by atoms with E-state index in [4.69, 9.17) is 0 Å². The van der Waals surface area contributed by atoms with E-state index >= 15 is 0 Å². The minimum Gasteiger partial charge on any atom is -0.389 e. The lowest BCUT2D eigenvalue weighted by molar-refractivity contribution is -0.120. The summed E-state index contributed by atoms with van der Waals surface area (Å²) in [6, 6.07) is 17.5. The van der Waals surface area contributed by atoms with Gasteiger partial charge in [-0.2, -0.15) is 0 Å². The quantitative estimate of drug-likeness (QED) is 0.727. The molecule has 1 heterocycles. The number of hydrogen-bond acceptors (Lipinski definition) is 3. The first kappa shape index (κ1) is 17.2. The van der Waals surface area contributed by atoms with Gasteiger partial charge in [-0.25, -0.2) is 4.98 Å². The van der Waals surface area contributed by atoms with Gasteiger partial charge in [-0.3, -0.25) is 4.79 Å². The van der Waals surface area contributed by atoms with Crippen LogP contribution >= 0.6 is 0 Å². The number of para-hydroxylation sites is 2. The van der Waals surface area contributed by atoms with Gasteiger partial charge in [0.2, 0.25) is 5.91 Å². The Kier molecular flexibility index (Phi) is 4.86. The van der Waals surface area contributed by atoms with Gasteiger partial charge in [-0.1, -0.05) is 42.5 Å². The number of rotatable bonds is 6. The van der Waals surface area contributed by atoms with Crippen LogP contribution in [0.15, 0.2) is 54.6 Å². The molecule has 2 N–H and O–H groups in total. The maximum Gasteiger partial charge on any atom is 0.227 e. The predicted molar refractivity (Wildman–Crippen MR) is 98.0 cm³/mol. The zero-order valence-corrected chi connectivity index (χ0v) is 14.6. The van der Waals surface area contributed by atoms with Crippen LogP contribution in [0.1, 0.15) is 25.2 Å². The van der Waals surface area contributed by atoms with E-state index in [2.05, 4.69) is 10.3 Å². The second-order valence-corrected chi connectivity index (χ2v) is 6.85. The van der Waals surface area contributed by atoms with Crippen molar-refractivity contribution in [3.05, 3.63) is 66.0 Å². The fourth-order valence-electron chi connectivity index (χ4n) is 2.83. The van der Waals surface area contributed by atoms with Crippen molar-refractivity contribution in [3.8, 4) is 0 Å². The smallest absolute Gasteiger partial charge is 0.227 e. The van der Waals surface area contributed by atoms with E-state index in [1.807, 2.05) is 59.2 Å². The van der Waals surface area contributed by atoms with Crippen molar-refractivity contribution in [3.63, 3.8) is 0 Å². The molecule has 0 saturated carbocycles. The molecule has 0 spiro atoms. The first-order valence-corrected chi connectivity index (χ1v) is 8.39. The molecule has 0 fully saturated rings. The van der Waals surface area contributed by atoms with E-state index in [-0.39, 0.29) is 12.3 Å². The highest BCUT2D eigenvalue weighted by Gasteiger charge is 2.20. The predicted octanol–water partition coefficient (Wildman–Crippen LogP) is 2.67. The molecular weight excluding hydrogens is 314 g/mol. The number of imidazole rings is 1. The van der Waals surface area contributed by atoms with Crippen LogP contribution < -0.4 is 5.32 Å². The second-order valence-electron chi connectivity index (χ2n) is 6.85. The van der Waals surface area contributed by atoms with Crippen LogP contribution in [-0.4, -0.2) is 26.2 Å². The van der Waals surface area contributed by atoms with Gasteiger partial charge in [0.25, 0.3) is 0 Å². The summed E-state index contributed by atoms with van der Waals surface area (Å²) in [5, 5.41) is 13.1. The van der Waals surface area contributed by atoms with Crippen molar-refractivity contribution in [2.24, 2.45) is 0 Å². The third-order valence-corrected chi connectivity index (χ3v) is 3.93. The molecule has 0 bridgehead atoms. The highest BCUT2D eigenvalue weighted by molar-refractivity contribution is 5.81. The molecule has 0 aliphatic carbocycles. The standard InChI is InChI=1S/C20H23N3O2/c1-20(2,25)14-23-17-11-7-6-10-16(17)22-18(23)12-19(24)21-13-15-8-4-3-5-9-15/h3-11,25H,12-14H2,1-2H3,(H,21,24). The molecule has 1 aromatic heterocycles. The molecule has 3 aromatic rings. The number of carbonyl (C=O) groups excluding carboxylic acids is 1. The van der Waals surface area contributed by atoms with Gasteiger partial charge in [0.1, 0.15) is 5.82 Å². The van der Waals surface area contributed by atoms with E-state index in [9.17, 15) is 9.90 Å². The molecule has 0 aliphatic rings. The number of aromatic nitrogens is 2. The minimum atomic E-state index is -0.890. The lowest BCUT2D eigenvalue weighted by Crippen LogP contribution is -2.30. The van der Waals surface area contributed by atoms with Gasteiger partial charge in [0.05, 0.1) is 29.6 Å². The summed E-state index contributed by atoms with van der Waals surface area (Å²) in [7, 11) is 0. The van der Waals surface area contributed by atoms with Crippen LogP contribution in [0.2, 0.25) is 0 Å². The zero-order valence-electron chi connectivity index (χ0n) is 14.6. The highest BCUT2D eigenvalue weighted by Crippen LogP contribution is 2.19. The summed E-state index contributed by atoms with van der Waals surface area (Å²) >= 11 is 0. The van der Waals surface area contributed by atoms with E-state index in [0.29, 0.717) is 18.9 Å². The number of nitrogens with one attached hydrogen (secondary N) is 1. The average Bonchev–Trinajstić information content (AvgIpc) is 2.90. The Morgan fingerprint density at radius 3 is 2.52 bits per heavy atom. The van der Waals surface area contributed by atoms with Crippen molar-refractivity contribution in [1.82, 2.24) is 14.9 Å². The number of benzene rings is 2. The van der Waals surface area contributed by atoms with Crippen LogP contribution in [0, 0.1) is 0 Å². The Labute approximate surface area is 147 Å². The van der Waals surface area contributed by atoms with Crippen molar-refractivity contribution in [2.45, 2.75) is 39.0 Å². The molecule has 0 saturated heterocycles. The first-order chi connectivity index (χ1) is 11.9. The Balaban J connectivity index is 1.78. The van der Waals surface area contributed by atoms with Gasteiger partial charge < -0.3 is 15.0 Å². The number of nitrogens with zero attached hydrogens (tertiary/aromatic N) is 2. The average molecular weight is 337 g/mol. The molecule has 130 valence electrons. The summed E-state index contributed by atoms with van der Waals surface area (Å²) in [4.78, 5) is 16.9. The van der Waals surface area contributed by atoms with Gasteiger partial charge in [-0.05, 0) is 31.5 Å². The summed E-state index contributed by atoms with van der Waals surface area (Å²) in [5.41, 5.74) is 1.92. The van der Waals surface area contributed by atoms with Crippen molar-refractivity contribution < 1.29 is 9.90 Å². The minimum absolute atomic E-state index is 0.0869. The molecule has 0 atom stereocenters. The lowest BCUT2D eigenvalue weighted by atomic mass is 10.1. The summed E-state index contributed by atoms with van der Waals surface area (Å²) in [5.74, 6) is 0.574. The van der Waals surface area contributed by atoms with Gasteiger partial charge in [-0.15, -0.1) is 0 Å². The molecular formula is C20H23N3O2. The molecule has 5 heteroatoms. The Hall–Kier alpha value is -2.66. The Morgan fingerprint density at radius 2 is 1.80 bits per heavy atom. The number of aliphatic hydroxyl groups is 1. The van der Waals surface area contributed by atoms with Crippen molar-refractivity contribution in [1.29, 1.82) is 0 Å². The number of carbonyl (C=O) groups is 1. The third-order valence-electron chi connectivity index (χ3n) is 3.93. The SMILES string of the molecule is CC(C)(O)Cn1c(CC(=O)NCc2ccccc2)nc2ccccc21. The molecule has 2 aromatic carbocycles. The Bertz CT molecular complexity index is 864.